The molecule has 0 bridgehead atoms. The normalized spacial score (nSPS) is 17.8. The largest absolute Gasteiger partial charge is 0.495 e. The Labute approximate surface area is 232 Å². The Morgan fingerprint density at radius 3 is 2.42 bits per heavy atom. The third-order valence-electron chi connectivity index (χ3n) is 6.99. The van der Waals surface area contributed by atoms with Gasteiger partial charge in [-0.05, 0) is 19.1 Å². The molecule has 1 unspecified atom stereocenters. The van der Waals surface area contributed by atoms with Crippen LogP contribution in [0.4, 0.5) is 5.69 Å². The van der Waals surface area contributed by atoms with Crippen LogP contribution in [0.1, 0.15) is 18.1 Å². The second-order valence-corrected chi connectivity index (χ2v) is 9.87. The SMILES string of the molecule is CCN1c2cc(-c3cnn(CCN4CCOCC4)c3)ncc2C=C(c2c(Cl)c(OC)cc(OC)c2Cl)C1O. The molecule has 0 aliphatic carbocycles. The third kappa shape index (κ3) is 5.09. The minimum atomic E-state index is -0.995. The standard InChI is InChI=1S/C27H31Cl2N5O4/c1-4-34-21-12-20(18-15-31-33(16-18)6-5-32-7-9-38-10-8-32)30-14-17(21)11-19(27(34)35)24-25(28)22(36-2)13-23(37-3)26(24)29/h11-16,27,35H,4-10H2,1-3H3. The van der Waals surface area contributed by atoms with Crippen LogP contribution in [0.25, 0.3) is 22.9 Å². The quantitative estimate of drug-likeness (QED) is 0.437. The number of likely N-dealkylation sites (N-methyl/N-ethyl adjacent to an activating group) is 1. The van der Waals surface area contributed by atoms with Gasteiger partial charge in [-0.2, -0.15) is 5.10 Å². The highest BCUT2D eigenvalue weighted by Crippen LogP contribution is 2.47. The summed E-state index contributed by atoms with van der Waals surface area (Å²) in [5.74, 6) is 0.813. The lowest BCUT2D eigenvalue weighted by Crippen LogP contribution is -2.38. The molecule has 4 heterocycles. The second kappa shape index (κ2) is 11.5. The fraction of sp³-hybridized carbons (Fsp3) is 0.407. The van der Waals surface area contributed by atoms with E-state index >= 15 is 0 Å². The molecule has 1 atom stereocenters. The number of fused-ring (bicyclic) bond motifs is 1. The van der Waals surface area contributed by atoms with Crippen LogP contribution in [0.15, 0.2) is 30.7 Å². The van der Waals surface area contributed by atoms with E-state index in [1.807, 2.05) is 41.0 Å². The topological polar surface area (TPSA) is 85.1 Å². The molecule has 0 amide bonds. The zero-order valence-corrected chi connectivity index (χ0v) is 23.2. The van der Waals surface area contributed by atoms with E-state index in [4.69, 9.17) is 42.4 Å². The fourth-order valence-electron chi connectivity index (χ4n) is 4.89. The van der Waals surface area contributed by atoms with Crippen molar-refractivity contribution in [3.63, 3.8) is 0 Å². The lowest BCUT2D eigenvalue weighted by molar-refractivity contribution is 0.0360. The number of morpholine rings is 1. The molecular weight excluding hydrogens is 529 g/mol. The van der Waals surface area contributed by atoms with Crippen molar-refractivity contribution < 1.29 is 19.3 Å². The number of hydrogen-bond acceptors (Lipinski definition) is 8. The van der Waals surface area contributed by atoms with Crippen LogP contribution in [0.2, 0.25) is 10.0 Å². The predicted octanol–water partition coefficient (Wildman–Crippen LogP) is 4.30. The van der Waals surface area contributed by atoms with Crippen molar-refractivity contribution in [2.75, 3.05) is 58.5 Å². The number of benzene rings is 1. The van der Waals surface area contributed by atoms with Gasteiger partial charge in [0.1, 0.15) is 11.5 Å². The summed E-state index contributed by atoms with van der Waals surface area (Å²) in [6.07, 6.45) is 6.50. The summed E-state index contributed by atoms with van der Waals surface area (Å²) in [4.78, 5) is 8.98. The minimum Gasteiger partial charge on any atom is -0.495 e. The summed E-state index contributed by atoms with van der Waals surface area (Å²) >= 11 is 13.3. The van der Waals surface area contributed by atoms with Crippen molar-refractivity contribution in [3.05, 3.63) is 51.9 Å². The van der Waals surface area contributed by atoms with Gasteiger partial charge < -0.3 is 24.2 Å². The van der Waals surface area contributed by atoms with E-state index in [-0.39, 0.29) is 0 Å². The van der Waals surface area contributed by atoms with Gasteiger partial charge in [-0.25, -0.2) is 0 Å². The van der Waals surface area contributed by atoms with E-state index in [0.29, 0.717) is 39.2 Å². The van der Waals surface area contributed by atoms with Gasteiger partial charge in [0.2, 0.25) is 0 Å². The molecule has 0 spiro atoms. The Morgan fingerprint density at radius 2 is 1.76 bits per heavy atom. The molecule has 1 saturated heterocycles. The van der Waals surface area contributed by atoms with Gasteiger partial charge in [0.05, 0.1) is 55.9 Å². The lowest BCUT2D eigenvalue weighted by atomic mass is 9.95. The van der Waals surface area contributed by atoms with Crippen LogP contribution in [0, 0.1) is 0 Å². The average molecular weight is 560 g/mol. The molecule has 5 rings (SSSR count). The van der Waals surface area contributed by atoms with Crippen molar-refractivity contribution in [3.8, 4) is 22.8 Å². The number of hydrogen-bond donors (Lipinski definition) is 1. The number of anilines is 1. The Hall–Kier alpha value is -2.82. The maximum atomic E-state index is 11.5. The number of nitrogens with zero attached hydrogens (tertiary/aromatic N) is 5. The molecule has 1 N–H and O–H groups in total. The molecule has 2 aliphatic heterocycles. The first kappa shape index (κ1) is 26.8. The molecule has 38 heavy (non-hydrogen) atoms. The first-order valence-corrected chi connectivity index (χ1v) is 13.3. The number of methoxy groups -OCH3 is 2. The molecule has 1 aromatic carbocycles. The van der Waals surface area contributed by atoms with Crippen LogP contribution in [0.3, 0.4) is 0 Å². The molecule has 3 aromatic rings. The number of aromatic nitrogens is 3. The van der Waals surface area contributed by atoms with Gasteiger partial charge >= 0.3 is 0 Å². The van der Waals surface area contributed by atoms with E-state index in [0.717, 1.165) is 61.9 Å². The lowest BCUT2D eigenvalue weighted by Gasteiger charge is -2.36. The number of aliphatic hydroxyl groups excluding tert-OH is 1. The van der Waals surface area contributed by atoms with E-state index in [1.165, 1.54) is 14.2 Å². The number of ether oxygens (including phenoxy) is 3. The molecule has 9 nitrogen and oxygen atoms in total. The summed E-state index contributed by atoms with van der Waals surface area (Å²) in [6, 6.07) is 3.61. The Morgan fingerprint density at radius 1 is 1.05 bits per heavy atom. The summed E-state index contributed by atoms with van der Waals surface area (Å²) in [7, 11) is 3.04. The van der Waals surface area contributed by atoms with Crippen LogP contribution < -0.4 is 14.4 Å². The minimum absolute atomic E-state index is 0.303. The molecule has 2 aliphatic rings. The summed E-state index contributed by atoms with van der Waals surface area (Å²) < 4.78 is 18.2. The van der Waals surface area contributed by atoms with E-state index in [9.17, 15) is 5.11 Å². The smallest absolute Gasteiger partial charge is 0.153 e. The Bertz CT molecular complexity index is 1310. The first-order chi connectivity index (χ1) is 18.4. The van der Waals surface area contributed by atoms with Crippen LogP contribution in [-0.4, -0.2) is 84.6 Å². The van der Waals surface area contributed by atoms with Crippen molar-refractivity contribution in [2.45, 2.75) is 19.7 Å². The van der Waals surface area contributed by atoms with Gasteiger partial charge in [0, 0.05) is 72.6 Å². The predicted molar refractivity (Wildman–Crippen MR) is 149 cm³/mol. The molecular formula is C27H31Cl2N5O4. The van der Waals surface area contributed by atoms with Crippen molar-refractivity contribution in [1.29, 1.82) is 0 Å². The van der Waals surface area contributed by atoms with Gasteiger partial charge in [-0.15, -0.1) is 0 Å². The maximum absolute atomic E-state index is 11.5. The van der Waals surface area contributed by atoms with E-state index in [1.54, 1.807) is 12.3 Å². The summed E-state index contributed by atoms with van der Waals surface area (Å²) in [6.45, 7) is 7.70. The van der Waals surface area contributed by atoms with Crippen molar-refractivity contribution >= 4 is 40.5 Å². The monoisotopic (exact) mass is 559 g/mol. The van der Waals surface area contributed by atoms with Crippen molar-refractivity contribution in [2.24, 2.45) is 0 Å². The highest BCUT2D eigenvalue weighted by molar-refractivity contribution is 6.40. The van der Waals surface area contributed by atoms with Gasteiger partial charge in [0.25, 0.3) is 0 Å². The average Bonchev–Trinajstić information content (AvgIpc) is 3.42. The third-order valence-corrected chi connectivity index (χ3v) is 7.74. The van der Waals surface area contributed by atoms with Crippen molar-refractivity contribution in [1.82, 2.24) is 19.7 Å². The van der Waals surface area contributed by atoms with Gasteiger partial charge in [0.15, 0.2) is 6.23 Å². The molecule has 2 aromatic heterocycles. The second-order valence-electron chi connectivity index (χ2n) is 9.12. The molecule has 0 radical (unpaired) electrons. The zero-order chi connectivity index (χ0) is 26.8. The summed E-state index contributed by atoms with van der Waals surface area (Å²) in [5, 5.41) is 16.6. The highest BCUT2D eigenvalue weighted by atomic mass is 35.5. The number of rotatable bonds is 8. The maximum Gasteiger partial charge on any atom is 0.153 e. The van der Waals surface area contributed by atoms with E-state index in [2.05, 4.69) is 10.00 Å². The van der Waals surface area contributed by atoms with Gasteiger partial charge in [-0.1, -0.05) is 23.2 Å². The highest BCUT2D eigenvalue weighted by Gasteiger charge is 2.32. The zero-order valence-electron chi connectivity index (χ0n) is 21.7. The number of halogens is 2. The van der Waals surface area contributed by atoms with E-state index < -0.39 is 6.23 Å². The molecule has 0 saturated carbocycles. The Kier molecular flexibility index (Phi) is 8.11. The van der Waals surface area contributed by atoms with Crippen LogP contribution >= 0.6 is 23.2 Å². The summed E-state index contributed by atoms with van der Waals surface area (Å²) in [5.41, 5.74) is 4.40. The fourth-order valence-corrected chi connectivity index (χ4v) is 5.60. The number of pyridine rings is 1. The number of aliphatic hydroxyl groups is 1. The molecule has 202 valence electrons. The van der Waals surface area contributed by atoms with Gasteiger partial charge in [-0.3, -0.25) is 14.6 Å². The van der Waals surface area contributed by atoms with Crippen LogP contribution in [-0.2, 0) is 11.3 Å². The first-order valence-electron chi connectivity index (χ1n) is 12.5. The Balaban J connectivity index is 1.47. The van der Waals surface area contributed by atoms with Crippen LogP contribution in [0.5, 0.6) is 11.5 Å². The molecule has 11 heteroatoms. The molecule has 1 fully saturated rings.